The smallest absolute Gasteiger partial charge is 0.142 e. The number of aromatic nitrogens is 2. The van der Waals surface area contributed by atoms with Crippen molar-refractivity contribution in [2.45, 2.75) is 41.2 Å². The molecule has 0 unspecified atom stereocenters. The molecule has 0 aromatic carbocycles. The van der Waals surface area contributed by atoms with E-state index in [4.69, 9.17) is 0 Å². The summed E-state index contributed by atoms with van der Waals surface area (Å²) in [6, 6.07) is 1.93. The van der Waals surface area contributed by atoms with Gasteiger partial charge in [-0.05, 0) is 13.0 Å². The van der Waals surface area contributed by atoms with Gasteiger partial charge in [0.25, 0.3) is 0 Å². The van der Waals surface area contributed by atoms with E-state index in [-0.39, 0.29) is 0 Å². The molecular formula is C14H28N4. The molecule has 0 spiro atoms. The monoisotopic (exact) mass is 252 g/mol. The van der Waals surface area contributed by atoms with Crippen LogP contribution in [0.5, 0.6) is 0 Å². The van der Waals surface area contributed by atoms with Crippen LogP contribution in [-0.2, 0) is 6.54 Å². The molecule has 2 heterocycles. The topological polar surface area (TPSA) is 41.1 Å². The van der Waals surface area contributed by atoms with Gasteiger partial charge in [-0.15, -0.1) is 0 Å². The first-order chi connectivity index (χ1) is 8.84. The van der Waals surface area contributed by atoms with Gasteiger partial charge < -0.3 is 5.32 Å². The van der Waals surface area contributed by atoms with Crippen molar-refractivity contribution in [2.24, 2.45) is 0 Å². The molecule has 0 aliphatic carbocycles. The zero-order valence-corrected chi connectivity index (χ0v) is 12.5. The highest BCUT2D eigenvalue weighted by molar-refractivity contribution is 4.99. The molecular weight excluding hydrogens is 224 g/mol. The number of hydrogen-bond donors (Lipinski definition) is 1. The second-order valence-electron chi connectivity index (χ2n) is 3.64. The summed E-state index contributed by atoms with van der Waals surface area (Å²) in [5.41, 5.74) is 1.05. The molecule has 1 aliphatic rings. The van der Waals surface area contributed by atoms with Crippen molar-refractivity contribution in [1.82, 2.24) is 20.2 Å². The number of nitrogens with zero attached hydrogens (tertiary/aromatic N) is 3. The zero-order chi connectivity index (χ0) is 13.8. The van der Waals surface area contributed by atoms with E-state index in [0.29, 0.717) is 0 Å². The molecule has 2 rings (SSSR count). The molecule has 1 saturated heterocycles. The fourth-order valence-electron chi connectivity index (χ4n) is 1.65. The summed E-state index contributed by atoms with van der Waals surface area (Å²) in [6.45, 7) is 15.2. The van der Waals surface area contributed by atoms with Gasteiger partial charge >= 0.3 is 0 Å². The van der Waals surface area contributed by atoms with E-state index < -0.39 is 0 Å². The van der Waals surface area contributed by atoms with Crippen molar-refractivity contribution in [3.63, 3.8) is 0 Å². The summed E-state index contributed by atoms with van der Waals surface area (Å²) in [6.07, 6.45) is 1.83. The summed E-state index contributed by atoms with van der Waals surface area (Å²) in [5.74, 6) is 0.937. The van der Waals surface area contributed by atoms with Crippen molar-refractivity contribution in [3.8, 4) is 0 Å². The van der Waals surface area contributed by atoms with Crippen LogP contribution in [0.3, 0.4) is 0 Å². The maximum Gasteiger partial charge on any atom is 0.142 e. The van der Waals surface area contributed by atoms with Crippen molar-refractivity contribution < 1.29 is 0 Å². The first-order valence-corrected chi connectivity index (χ1v) is 7.06. The van der Waals surface area contributed by atoms with Gasteiger partial charge in [0.05, 0.1) is 6.54 Å². The molecule has 18 heavy (non-hydrogen) atoms. The largest absolute Gasteiger partial charge is 0.314 e. The predicted molar refractivity (Wildman–Crippen MR) is 77.6 cm³/mol. The number of aryl methyl sites for hydroxylation is 1. The lowest BCUT2D eigenvalue weighted by molar-refractivity contribution is 0.228. The minimum absolute atomic E-state index is 0.878. The molecule has 104 valence electrons. The average molecular weight is 252 g/mol. The normalized spacial score (nSPS) is 14.9. The van der Waals surface area contributed by atoms with Crippen molar-refractivity contribution in [1.29, 1.82) is 0 Å². The van der Waals surface area contributed by atoms with Gasteiger partial charge in [-0.1, -0.05) is 27.7 Å². The summed E-state index contributed by atoms with van der Waals surface area (Å²) in [4.78, 5) is 11.0. The van der Waals surface area contributed by atoms with E-state index in [1.54, 1.807) is 0 Å². The summed E-state index contributed by atoms with van der Waals surface area (Å²) in [5, 5.41) is 3.33. The highest BCUT2D eigenvalue weighted by Crippen LogP contribution is 2.00. The molecule has 1 aromatic rings. The van der Waals surface area contributed by atoms with Gasteiger partial charge in [0.15, 0.2) is 0 Å². The van der Waals surface area contributed by atoms with Crippen molar-refractivity contribution in [2.75, 3.05) is 26.2 Å². The molecule has 1 fully saturated rings. The third-order valence-corrected chi connectivity index (χ3v) is 2.42. The predicted octanol–water partition coefficient (Wildman–Crippen LogP) is 2.24. The molecule has 1 aliphatic heterocycles. The molecule has 4 nitrogen and oxygen atoms in total. The molecule has 0 bridgehead atoms. The van der Waals surface area contributed by atoms with Crippen LogP contribution < -0.4 is 5.32 Å². The Morgan fingerprint density at radius 3 is 2.33 bits per heavy atom. The van der Waals surface area contributed by atoms with Crippen molar-refractivity contribution >= 4 is 0 Å². The number of hydrogen-bond acceptors (Lipinski definition) is 4. The highest BCUT2D eigenvalue weighted by atomic mass is 15.2. The van der Waals surface area contributed by atoms with E-state index in [2.05, 4.69) is 20.2 Å². The van der Waals surface area contributed by atoms with E-state index in [1.807, 2.05) is 46.9 Å². The minimum atomic E-state index is 0.878. The SMILES string of the molecule is CC.CC.Cc1ccnc(CN2CCNCC2)n1. The van der Waals surface area contributed by atoms with E-state index in [1.165, 1.54) is 0 Å². The van der Waals surface area contributed by atoms with E-state index >= 15 is 0 Å². The Bertz CT molecular complexity index is 296. The number of piperazine rings is 1. The van der Waals surface area contributed by atoms with Crippen LogP contribution in [0.15, 0.2) is 12.3 Å². The van der Waals surface area contributed by atoms with Crippen LogP contribution in [0.2, 0.25) is 0 Å². The second-order valence-corrected chi connectivity index (χ2v) is 3.64. The lowest BCUT2D eigenvalue weighted by atomic mass is 10.3. The zero-order valence-electron chi connectivity index (χ0n) is 12.5. The molecule has 0 amide bonds. The fourth-order valence-corrected chi connectivity index (χ4v) is 1.65. The van der Waals surface area contributed by atoms with Crippen LogP contribution in [0.4, 0.5) is 0 Å². The third kappa shape index (κ3) is 6.67. The first-order valence-electron chi connectivity index (χ1n) is 7.06. The Kier molecular flexibility index (Phi) is 10.5. The van der Waals surface area contributed by atoms with Gasteiger partial charge in [-0.3, -0.25) is 4.90 Å². The Morgan fingerprint density at radius 1 is 1.17 bits per heavy atom. The average Bonchev–Trinajstić information content (AvgIpc) is 2.44. The van der Waals surface area contributed by atoms with Gasteiger partial charge in [-0.2, -0.15) is 0 Å². The molecule has 1 N–H and O–H groups in total. The molecule has 0 radical (unpaired) electrons. The lowest BCUT2D eigenvalue weighted by Gasteiger charge is -2.26. The number of nitrogens with one attached hydrogen (secondary N) is 1. The number of rotatable bonds is 2. The van der Waals surface area contributed by atoms with Gasteiger partial charge in [0, 0.05) is 38.1 Å². The van der Waals surface area contributed by atoms with E-state index in [0.717, 1.165) is 44.2 Å². The maximum absolute atomic E-state index is 4.39. The van der Waals surface area contributed by atoms with Crippen LogP contribution in [0.25, 0.3) is 0 Å². The standard InChI is InChI=1S/C10H16N4.2C2H6/c1-9-2-3-12-10(13-9)8-14-6-4-11-5-7-14;2*1-2/h2-3,11H,4-8H2,1H3;2*1-2H3. The van der Waals surface area contributed by atoms with Gasteiger partial charge in [0.2, 0.25) is 0 Å². The molecule has 4 heteroatoms. The maximum atomic E-state index is 4.39. The highest BCUT2D eigenvalue weighted by Gasteiger charge is 2.10. The minimum Gasteiger partial charge on any atom is -0.314 e. The Hall–Kier alpha value is -1.00. The Balaban J connectivity index is 0.000000659. The van der Waals surface area contributed by atoms with Crippen LogP contribution >= 0.6 is 0 Å². The van der Waals surface area contributed by atoms with Crippen LogP contribution in [-0.4, -0.2) is 41.0 Å². The lowest BCUT2D eigenvalue weighted by Crippen LogP contribution is -2.43. The molecule has 0 atom stereocenters. The molecule has 1 aromatic heterocycles. The Morgan fingerprint density at radius 2 is 1.78 bits per heavy atom. The van der Waals surface area contributed by atoms with Gasteiger partial charge in [-0.25, -0.2) is 9.97 Å². The van der Waals surface area contributed by atoms with Crippen LogP contribution in [0.1, 0.15) is 39.2 Å². The summed E-state index contributed by atoms with van der Waals surface area (Å²) < 4.78 is 0. The molecule has 0 saturated carbocycles. The van der Waals surface area contributed by atoms with Crippen LogP contribution in [0, 0.1) is 6.92 Å². The second kappa shape index (κ2) is 11.1. The fraction of sp³-hybridized carbons (Fsp3) is 0.714. The summed E-state index contributed by atoms with van der Waals surface area (Å²) >= 11 is 0. The van der Waals surface area contributed by atoms with Gasteiger partial charge in [0.1, 0.15) is 5.82 Å². The Labute approximate surface area is 112 Å². The summed E-state index contributed by atoms with van der Waals surface area (Å²) in [7, 11) is 0. The van der Waals surface area contributed by atoms with E-state index in [9.17, 15) is 0 Å². The quantitative estimate of drug-likeness (QED) is 0.876. The first kappa shape index (κ1) is 17.0. The van der Waals surface area contributed by atoms with Crippen molar-refractivity contribution in [3.05, 3.63) is 23.8 Å². The third-order valence-electron chi connectivity index (χ3n) is 2.42.